The molecule has 0 unspecified atom stereocenters. The Morgan fingerprint density at radius 1 is 0.844 bits per heavy atom. The summed E-state index contributed by atoms with van der Waals surface area (Å²) in [7, 11) is 1.69. The van der Waals surface area contributed by atoms with Gasteiger partial charge in [0.25, 0.3) is 0 Å². The molecule has 10 rings (SSSR count). The summed E-state index contributed by atoms with van der Waals surface area (Å²) in [6.45, 7) is 1.21. The number of aromatic nitrogens is 2. The minimum Gasteiger partial charge on any atom is -0.352 e. The van der Waals surface area contributed by atoms with Crippen molar-refractivity contribution in [1.29, 1.82) is 0 Å². The molecule has 5 fully saturated rings. The van der Waals surface area contributed by atoms with Crippen LogP contribution in [0, 0.1) is 11.7 Å². The number of halogens is 3. The van der Waals surface area contributed by atoms with Crippen LogP contribution in [0.1, 0.15) is 118 Å². The first kappa shape index (κ1) is 42.9. The average molecular weight is 913 g/mol. The molecule has 2 saturated carbocycles. The molecule has 4 N–H and O–H groups in total. The number of benzene rings is 3. The van der Waals surface area contributed by atoms with Gasteiger partial charge >= 0.3 is 5.69 Å². The molecular weight excluding hydrogens is 860 g/mol. The quantitative estimate of drug-likeness (QED) is 0.161. The summed E-state index contributed by atoms with van der Waals surface area (Å²) >= 11 is 12.8. The van der Waals surface area contributed by atoms with E-state index in [9.17, 15) is 28.8 Å². The lowest BCUT2D eigenvalue weighted by Gasteiger charge is -2.47. The SMILES string of the molecule is Cn1c(=O)n([C@H]2CCC(=O)NC2=O)c2ccc(C3CCN(C(=O)C4CCC(NC(=O)[C@@H]5NC6(CCCCC6)[C@@]6(C(=O)Nc7cc(Cl)ccc76)[C@H]5c5cccc(Cl)c5F)CC4)CC3)cc21. The third-order valence-corrected chi connectivity index (χ3v) is 16.2. The Morgan fingerprint density at radius 2 is 1.59 bits per heavy atom. The van der Waals surface area contributed by atoms with E-state index in [1.54, 1.807) is 35.9 Å². The Kier molecular flexibility index (Phi) is 11.0. The van der Waals surface area contributed by atoms with Crippen LogP contribution < -0.4 is 27.0 Å². The summed E-state index contributed by atoms with van der Waals surface area (Å²) in [6.07, 6.45) is 8.39. The summed E-state index contributed by atoms with van der Waals surface area (Å²) < 4.78 is 19.4. The van der Waals surface area contributed by atoms with Crippen LogP contribution in [0.2, 0.25) is 10.0 Å². The van der Waals surface area contributed by atoms with Crippen molar-refractivity contribution in [3.8, 4) is 0 Å². The second-order valence-corrected chi connectivity index (χ2v) is 19.8. The molecule has 13 nitrogen and oxygen atoms in total. The number of rotatable bonds is 6. The minimum atomic E-state index is -1.31. The summed E-state index contributed by atoms with van der Waals surface area (Å²) in [5.74, 6) is -2.79. The number of fused-ring (bicyclic) bond motifs is 4. The molecule has 2 aliphatic carbocycles. The molecule has 4 atom stereocenters. The van der Waals surface area contributed by atoms with Gasteiger partial charge in [0.1, 0.15) is 17.3 Å². The maximum absolute atomic E-state index is 16.3. The molecule has 0 radical (unpaired) electrons. The molecule has 2 spiro atoms. The fraction of sp³-hybridized carbons (Fsp3) is 0.500. The summed E-state index contributed by atoms with van der Waals surface area (Å²) in [5.41, 5.74) is 1.48. The van der Waals surface area contributed by atoms with Gasteiger partial charge in [-0.05, 0) is 111 Å². The highest BCUT2D eigenvalue weighted by molar-refractivity contribution is 6.31. The van der Waals surface area contributed by atoms with Gasteiger partial charge in [-0.2, -0.15) is 0 Å². The van der Waals surface area contributed by atoms with E-state index in [4.69, 9.17) is 23.2 Å². The van der Waals surface area contributed by atoms with Gasteiger partial charge in [0.05, 0.1) is 22.1 Å². The van der Waals surface area contributed by atoms with E-state index in [1.165, 1.54) is 10.6 Å². The van der Waals surface area contributed by atoms with Crippen molar-refractivity contribution < 1.29 is 28.4 Å². The number of hydrogen-bond donors (Lipinski definition) is 4. The van der Waals surface area contributed by atoms with Crippen molar-refractivity contribution in [2.24, 2.45) is 13.0 Å². The zero-order valence-electron chi connectivity index (χ0n) is 35.7. The van der Waals surface area contributed by atoms with Gasteiger partial charge in [0, 0.05) is 60.7 Å². The lowest BCUT2D eigenvalue weighted by Crippen LogP contribution is -2.60. The number of likely N-dealkylation sites (tertiary alicyclic amines) is 1. The van der Waals surface area contributed by atoms with Crippen LogP contribution in [0.4, 0.5) is 10.1 Å². The van der Waals surface area contributed by atoms with Gasteiger partial charge in [0.15, 0.2) is 0 Å². The molecule has 3 aromatic carbocycles. The predicted octanol–water partition coefficient (Wildman–Crippen LogP) is 6.49. The van der Waals surface area contributed by atoms with E-state index in [1.807, 2.05) is 29.2 Å². The number of hydrogen-bond acceptors (Lipinski definition) is 7. The minimum absolute atomic E-state index is 0.0767. The second kappa shape index (κ2) is 16.4. The predicted molar refractivity (Wildman–Crippen MR) is 240 cm³/mol. The van der Waals surface area contributed by atoms with Gasteiger partial charge < -0.3 is 15.5 Å². The number of nitrogens with zero attached hydrogens (tertiary/aromatic N) is 3. The second-order valence-electron chi connectivity index (χ2n) is 18.9. The molecule has 4 aliphatic heterocycles. The highest BCUT2D eigenvalue weighted by atomic mass is 35.5. The molecule has 1 aromatic heterocycles. The number of imidazole rings is 1. The third-order valence-electron chi connectivity index (χ3n) is 15.6. The van der Waals surface area contributed by atoms with E-state index in [-0.39, 0.29) is 70.6 Å². The fourth-order valence-corrected chi connectivity index (χ4v) is 12.9. The number of nitrogens with one attached hydrogen (secondary N) is 4. The average Bonchev–Trinajstić information content (AvgIpc) is 3.84. The maximum Gasteiger partial charge on any atom is 0.329 e. The van der Waals surface area contributed by atoms with E-state index in [0.29, 0.717) is 73.4 Å². The van der Waals surface area contributed by atoms with Gasteiger partial charge in [-0.15, -0.1) is 0 Å². The number of carbonyl (C=O) groups excluding carboxylic acids is 5. The van der Waals surface area contributed by atoms with Crippen LogP contribution in [0.5, 0.6) is 0 Å². The Balaban J connectivity index is 0.815. The molecule has 3 saturated heterocycles. The Bertz CT molecular complexity index is 2660. The number of imide groups is 1. The van der Waals surface area contributed by atoms with E-state index in [0.717, 1.165) is 43.2 Å². The van der Waals surface area contributed by atoms with Gasteiger partial charge in [0.2, 0.25) is 29.5 Å². The van der Waals surface area contributed by atoms with Crippen molar-refractivity contribution in [3.63, 3.8) is 0 Å². The van der Waals surface area contributed by atoms with Gasteiger partial charge in [-0.25, -0.2) is 9.18 Å². The standard InChI is InChI=1S/C48H52Cl2FN7O6/c1-56-37-24-28(10-15-35(37)58(46(56)64)36-16-17-38(59)54-42(36)60)26-18-22-57(23-19-26)44(62)27-8-12-30(13-9-27)52-43(61)41-39(31-6-5-7-33(50)40(31)51)48(47(55-41)20-3-2-4-21-47)32-14-11-29(49)25-34(32)53-45(48)63/h5-7,10-11,14-15,24-27,30,36,39,41,55H,2-4,8-9,12-13,16-23H2,1H3,(H,52,61)(H,53,63)(H,54,59,60)/t27?,30?,36-,39-,41+,48+/m0/s1. The highest BCUT2D eigenvalue weighted by Crippen LogP contribution is 2.63. The van der Waals surface area contributed by atoms with Crippen LogP contribution in [0.25, 0.3) is 11.0 Å². The summed E-state index contributed by atoms with van der Waals surface area (Å²) in [4.78, 5) is 83.1. The maximum atomic E-state index is 16.3. The molecule has 0 bridgehead atoms. The first-order valence-electron chi connectivity index (χ1n) is 22.8. The monoisotopic (exact) mass is 911 g/mol. The first-order chi connectivity index (χ1) is 30.8. The van der Waals surface area contributed by atoms with Crippen LogP contribution in [0.3, 0.4) is 0 Å². The Labute approximate surface area is 379 Å². The van der Waals surface area contributed by atoms with E-state index in [2.05, 4.69) is 21.3 Å². The fourth-order valence-electron chi connectivity index (χ4n) is 12.5. The van der Waals surface area contributed by atoms with Crippen LogP contribution in [-0.4, -0.2) is 74.3 Å². The van der Waals surface area contributed by atoms with Crippen molar-refractivity contribution in [3.05, 3.63) is 97.6 Å². The number of amides is 5. The largest absolute Gasteiger partial charge is 0.352 e. The topological polar surface area (TPSA) is 164 Å². The summed E-state index contributed by atoms with van der Waals surface area (Å²) in [5, 5.41) is 12.8. The third kappa shape index (κ3) is 6.80. The van der Waals surface area contributed by atoms with Gasteiger partial charge in [-0.1, -0.05) is 66.7 Å². The molecule has 4 aromatic rings. The molecule has 5 amide bonds. The molecule has 6 aliphatic rings. The van der Waals surface area contributed by atoms with Crippen molar-refractivity contribution in [2.75, 3.05) is 18.4 Å². The van der Waals surface area contributed by atoms with E-state index >= 15 is 4.39 Å². The molecule has 64 heavy (non-hydrogen) atoms. The summed E-state index contributed by atoms with van der Waals surface area (Å²) in [6, 6.07) is 14.1. The lowest BCUT2D eigenvalue weighted by molar-refractivity contribution is -0.138. The van der Waals surface area contributed by atoms with Crippen LogP contribution >= 0.6 is 23.2 Å². The lowest BCUT2D eigenvalue weighted by atomic mass is 9.55. The van der Waals surface area contributed by atoms with Crippen molar-refractivity contribution in [1.82, 2.24) is 30.0 Å². The Hall–Kier alpha value is -5.05. The zero-order chi connectivity index (χ0) is 44.7. The molecule has 336 valence electrons. The van der Waals surface area contributed by atoms with Crippen molar-refractivity contribution in [2.45, 2.75) is 124 Å². The molecular formula is C48H52Cl2FN7O6. The zero-order valence-corrected chi connectivity index (χ0v) is 37.2. The number of carbonyl (C=O) groups is 5. The highest BCUT2D eigenvalue weighted by Gasteiger charge is 2.72. The van der Waals surface area contributed by atoms with Crippen LogP contribution in [0.15, 0.2) is 59.4 Å². The molecule has 5 heterocycles. The van der Waals surface area contributed by atoms with Gasteiger partial charge in [-0.3, -0.25) is 43.7 Å². The first-order valence-corrected chi connectivity index (χ1v) is 23.5. The number of aryl methyl sites for hydroxylation is 1. The number of piperidine rings is 2. The van der Waals surface area contributed by atoms with E-state index < -0.39 is 40.7 Å². The Morgan fingerprint density at radius 3 is 2.33 bits per heavy atom. The number of anilines is 1. The smallest absolute Gasteiger partial charge is 0.329 e. The molecule has 16 heteroatoms. The van der Waals surface area contributed by atoms with Crippen molar-refractivity contribution >= 4 is 69.5 Å². The normalized spacial score (nSPS) is 28.1. The van der Waals surface area contributed by atoms with Crippen LogP contribution in [-0.2, 0) is 36.4 Å².